The van der Waals surface area contributed by atoms with Crippen molar-refractivity contribution in [1.29, 1.82) is 0 Å². The summed E-state index contributed by atoms with van der Waals surface area (Å²) in [5.41, 5.74) is 1.01. The first-order valence-electron chi connectivity index (χ1n) is 8.88. The summed E-state index contributed by atoms with van der Waals surface area (Å²) in [4.78, 5) is 15.7. The molecule has 0 fully saturated rings. The molecule has 2 heterocycles. The van der Waals surface area contributed by atoms with Gasteiger partial charge in [-0.1, -0.05) is 18.2 Å². The van der Waals surface area contributed by atoms with Gasteiger partial charge in [-0.05, 0) is 23.8 Å². The molecular formula is C19H20F3N7. The minimum Gasteiger partial charge on any atom is -0.355 e. The third-order valence-electron chi connectivity index (χ3n) is 4.06. The molecule has 0 unspecified atom stereocenters. The molecule has 10 heteroatoms. The normalized spacial score (nSPS) is 12.1. The fourth-order valence-electron chi connectivity index (χ4n) is 2.67. The zero-order valence-electron chi connectivity index (χ0n) is 15.7. The molecule has 0 aliphatic rings. The van der Waals surface area contributed by atoms with Gasteiger partial charge in [0.1, 0.15) is 5.69 Å². The van der Waals surface area contributed by atoms with Crippen LogP contribution in [0, 0.1) is 0 Å². The second kappa shape index (κ2) is 9.18. The molecule has 0 bridgehead atoms. The van der Waals surface area contributed by atoms with Crippen molar-refractivity contribution in [2.75, 3.05) is 25.5 Å². The smallest absolute Gasteiger partial charge is 0.355 e. The average Bonchev–Trinajstić information content (AvgIpc) is 2.73. The molecule has 0 radical (unpaired) electrons. The van der Waals surface area contributed by atoms with E-state index in [1.165, 1.54) is 0 Å². The van der Waals surface area contributed by atoms with Gasteiger partial charge in [-0.2, -0.15) is 13.2 Å². The molecule has 152 valence electrons. The molecule has 1 aromatic carbocycles. The molecule has 0 aliphatic carbocycles. The fraction of sp³-hybridized carbons (Fsp3) is 0.263. The number of fused-ring (bicyclic) bond motifs is 1. The van der Waals surface area contributed by atoms with E-state index in [4.69, 9.17) is 0 Å². The number of hydrogen-bond acceptors (Lipinski definition) is 5. The van der Waals surface area contributed by atoms with E-state index in [2.05, 4.69) is 35.9 Å². The van der Waals surface area contributed by atoms with Crippen molar-refractivity contribution in [3.05, 3.63) is 60.0 Å². The molecule has 3 aromatic rings. The van der Waals surface area contributed by atoms with Crippen molar-refractivity contribution in [2.24, 2.45) is 4.99 Å². The maximum absolute atomic E-state index is 12.7. The van der Waals surface area contributed by atoms with Crippen molar-refractivity contribution in [3.8, 4) is 0 Å². The lowest BCUT2D eigenvalue weighted by Crippen LogP contribution is -2.39. The molecule has 0 aliphatic heterocycles. The van der Waals surface area contributed by atoms with Crippen LogP contribution < -0.4 is 16.0 Å². The van der Waals surface area contributed by atoms with Crippen LogP contribution >= 0.6 is 0 Å². The summed E-state index contributed by atoms with van der Waals surface area (Å²) < 4.78 is 38.0. The van der Waals surface area contributed by atoms with Crippen LogP contribution in [-0.2, 0) is 12.7 Å². The lowest BCUT2D eigenvalue weighted by Gasteiger charge is -2.13. The van der Waals surface area contributed by atoms with E-state index in [9.17, 15) is 13.2 Å². The maximum atomic E-state index is 12.7. The van der Waals surface area contributed by atoms with Gasteiger partial charge >= 0.3 is 6.18 Å². The molecule has 2 aromatic heterocycles. The monoisotopic (exact) mass is 403 g/mol. The average molecular weight is 403 g/mol. The third kappa shape index (κ3) is 5.53. The summed E-state index contributed by atoms with van der Waals surface area (Å²) in [6.45, 7) is 1.28. The van der Waals surface area contributed by atoms with Crippen LogP contribution in [-0.4, -0.2) is 41.0 Å². The number of aliphatic imine (C=N–C) groups is 1. The van der Waals surface area contributed by atoms with Crippen LogP contribution in [0.15, 0.2) is 53.8 Å². The standard InChI is InChI=1S/C19H20F3N7/c1-23-17(28-12-13-6-8-24-15-5-3-2-4-14(13)15)26-10-11-27-18-25-9-7-16(29-18)19(20,21)22/h2-9H,10-12H2,1H3,(H2,23,26,28)(H,25,27,29). The largest absolute Gasteiger partial charge is 0.433 e. The molecule has 7 nitrogen and oxygen atoms in total. The molecule has 29 heavy (non-hydrogen) atoms. The Morgan fingerprint density at radius 3 is 2.59 bits per heavy atom. The van der Waals surface area contributed by atoms with Crippen LogP contribution in [0.2, 0.25) is 0 Å². The maximum Gasteiger partial charge on any atom is 0.433 e. The SMILES string of the molecule is CN=C(NCCNc1nccc(C(F)(F)F)n1)NCc1ccnc2ccccc12. The summed E-state index contributed by atoms with van der Waals surface area (Å²) in [7, 11) is 1.64. The van der Waals surface area contributed by atoms with Gasteiger partial charge in [-0.25, -0.2) is 9.97 Å². The van der Waals surface area contributed by atoms with Crippen LogP contribution in [0.1, 0.15) is 11.3 Å². The molecule has 0 spiro atoms. The number of nitrogens with zero attached hydrogens (tertiary/aromatic N) is 4. The fourth-order valence-corrected chi connectivity index (χ4v) is 2.67. The zero-order valence-corrected chi connectivity index (χ0v) is 15.7. The Hall–Kier alpha value is -3.43. The Balaban J connectivity index is 1.49. The van der Waals surface area contributed by atoms with E-state index >= 15 is 0 Å². The number of halogens is 3. The van der Waals surface area contributed by atoms with Crippen molar-refractivity contribution in [2.45, 2.75) is 12.7 Å². The van der Waals surface area contributed by atoms with Crippen molar-refractivity contribution in [1.82, 2.24) is 25.6 Å². The molecule has 3 rings (SSSR count). The highest BCUT2D eigenvalue weighted by atomic mass is 19.4. The van der Waals surface area contributed by atoms with E-state index in [-0.39, 0.29) is 5.95 Å². The number of benzene rings is 1. The van der Waals surface area contributed by atoms with E-state index in [0.29, 0.717) is 25.6 Å². The molecule has 0 saturated carbocycles. The lowest BCUT2D eigenvalue weighted by atomic mass is 10.1. The molecular weight excluding hydrogens is 383 g/mol. The summed E-state index contributed by atoms with van der Waals surface area (Å²) in [6.07, 6.45) is -1.67. The third-order valence-corrected chi connectivity index (χ3v) is 4.06. The number of para-hydroxylation sites is 1. The van der Waals surface area contributed by atoms with Crippen molar-refractivity contribution < 1.29 is 13.2 Å². The first kappa shape index (κ1) is 20.3. The molecule has 0 amide bonds. The van der Waals surface area contributed by atoms with Gasteiger partial charge in [0.25, 0.3) is 0 Å². The van der Waals surface area contributed by atoms with Crippen molar-refractivity contribution >= 4 is 22.8 Å². The van der Waals surface area contributed by atoms with Gasteiger partial charge in [0.2, 0.25) is 5.95 Å². The Kier molecular flexibility index (Phi) is 6.43. The Morgan fingerprint density at radius 2 is 1.79 bits per heavy atom. The summed E-state index contributed by atoms with van der Waals surface area (Å²) in [5, 5.41) is 10.1. The Labute approximate surface area is 165 Å². The number of guanidine groups is 1. The Bertz CT molecular complexity index is 983. The number of pyridine rings is 1. The minimum absolute atomic E-state index is 0.0761. The Morgan fingerprint density at radius 1 is 1.00 bits per heavy atom. The van der Waals surface area contributed by atoms with Gasteiger partial charge in [0.05, 0.1) is 5.52 Å². The zero-order chi connectivity index (χ0) is 20.7. The second-order valence-electron chi connectivity index (χ2n) is 6.03. The number of anilines is 1. The number of hydrogen-bond donors (Lipinski definition) is 3. The number of rotatable bonds is 6. The predicted molar refractivity (Wildman–Crippen MR) is 105 cm³/mol. The molecule has 0 saturated heterocycles. The molecule has 3 N–H and O–H groups in total. The summed E-state index contributed by atoms with van der Waals surface area (Å²) >= 11 is 0. The lowest BCUT2D eigenvalue weighted by molar-refractivity contribution is -0.141. The van der Waals surface area contributed by atoms with E-state index in [1.807, 2.05) is 30.3 Å². The van der Waals surface area contributed by atoms with Gasteiger partial charge in [0.15, 0.2) is 5.96 Å². The highest BCUT2D eigenvalue weighted by Crippen LogP contribution is 2.27. The van der Waals surface area contributed by atoms with Crippen LogP contribution in [0.3, 0.4) is 0 Å². The van der Waals surface area contributed by atoms with Crippen LogP contribution in [0.4, 0.5) is 19.1 Å². The molecule has 0 atom stereocenters. The van der Waals surface area contributed by atoms with E-state index in [0.717, 1.165) is 28.7 Å². The number of nitrogens with one attached hydrogen (secondary N) is 3. The van der Waals surface area contributed by atoms with E-state index in [1.54, 1.807) is 13.2 Å². The highest BCUT2D eigenvalue weighted by Gasteiger charge is 2.32. The van der Waals surface area contributed by atoms with Crippen LogP contribution in [0.5, 0.6) is 0 Å². The summed E-state index contributed by atoms with van der Waals surface area (Å²) in [5.74, 6) is 0.491. The first-order chi connectivity index (χ1) is 14.0. The quantitative estimate of drug-likeness (QED) is 0.333. The second-order valence-corrected chi connectivity index (χ2v) is 6.03. The summed E-state index contributed by atoms with van der Waals surface area (Å²) in [6, 6.07) is 10.6. The van der Waals surface area contributed by atoms with E-state index < -0.39 is 11.9 Å². The topological polar surface area (TPSA) is 87.1 Å². The number of aromatic nitrogens is 3. The van der Waals surface area contributed by atoms with Crippen molar-refractivity contribution in [3.63, 3.8) is 0 Å². The van der Waals surface area contributed by atoms with Gasteiger partial charge in [-0.3, -0.25) is 9.98 Å². The highest BCUT2D eigenvalue weighted by molar-refractivity contribution is 5.83. The van der Waals surface area contributed by atoms with Gasteiger partial charge in [-0.15, -0.1) is 0 Å². The van der Waals surface area contributed by atoms with Crippen LogP contribution in [0.25, 0.3) is 10.9 Å². The van der Waals surface area contributed by atoms with Gasteiger partial charge < -0.3 is 16.0 Å². The minimum atomic E-state index is -4.50. The van der Waals surface area contributed by atoms with Gasteiger partial charge in [0, 0.05) is 44.5 Å². The predicted octanol–water partition coefficient (Wildman–Crippen LogP) is 2.82. The first-order valence-corrected chi connectivity index (χ1v) is 8.88. The number of alkyl halides is 3.